The molecule has 0 aromatic heterocycles. The van der Waals surface area contributed by atoms with Crippen LogP contribution < -0.4 is 4.74 Å². The first-order valence-electron chi connectivity index (χ1n) is 21.5. The number of unbranched alkanes of at least 4 members (excludes halogenated alkanes) is 2. The highest BCUT2D eigenvalue weighted by Crippen LogP contribution is 2.37. The highest BCUT2D eigenvalue weighted by atomic mass is 16.5. The lowest BCUT2D eigenvalue weighted by Crippen LogP contribution is -2.31. The Balaban J connectivity index is 1.68. The van der Waals surface area contributed by atoms with Crippen LogP contribution in [0.5, 0.6) is 5.75 Å². The van der Waals surface area contributed by atoms with Gasteiger partial charge in [-0.2, -0.15) is 0 Å². The zero-order chi connectivity index (χ0) is 42.8. The number of carbonyl (C=O) groups excluding carboxylic acids is 2. The number of benzene rings is 4. The van der Waals surface area contributed by atoms with E-state index >= 15 is 0 Å². The van der Waals surface area contributed by atoms with E-state index in [2.05, 4.69) is 106 Å². The second-order valence-corrected chi connectivity index (χ2v) is 15.9. The molecule has 0 aliphatic rings. The maximum absolute atomic E-state index is 12.2. The first-order chi connectivity index (χ1) is 28.5. The first kappa shape index (κ1) is 46.7. The highest BCUT2D eigenvalue weighted by molar-refractivity contribution is 5.87. The molecule has 4 rings (SSSR count). The molecule has 0 saturated heterocycles. The number of hydrogen-bond acceptors (Lipinski definition) is 7. The maximum atomic E-state index is 12.2. The summed E-state index contributed by atoms with van der Waals surface area (Å²) in [5.41, 5.74) is 11.5. The predicted molar refractivity (Wildman–Crippen MR) is 241 cm³/mol. The summed E-state index contributed by atoms with van der Waals surface area (Å²) < 4.78 is 17.5. The van der Waals surface area contributed by atoms with Crippen LogP contribution in [0.2, 0.25) is 0 Å². The lowest BCUT2D eigenvalue weighted by atomic mass is 9.84. The molecule has 0 fully saturated rings. The number of rotatable bonds is 25. The van der Waals surface area contributed by atoms with Gasteiger partial charge in [0.05, 0.1) is 33.0 Å². The van der Waals surface area contributed by atoms with E-state index in [-0.39, 0.29) is 26.4 Å². The molecule has 7 nitrogen and oxygen atoms in total. The van der Waals surface area contributed by atoms with Crippen molar-refractivity contribution < 1.29 is 34.0 Å². The fraction of sp³-hybridized carbons (Fsp3) is 0.423. The Morgan fingerprint density at radius 3 is 1.56 bits per heavy atom. The number of hydrogen-bond donors (Lipinski definition) is 2. The van der Waals surface area contributed by atoms with E-state index in [1.54, 1.807) is 13.8 Å². The van der Waals surface area contributed by atoms with Crippen molar-refractivity contribution in [1.29, 1.82) is 0 Å². The Morgan fingerprint density at radius 1 is 0.593 bits per heavy atom. The number of esters is 2. The molecule has 0 saturated carbocycles. The van der Waals surface area contributed by atoms with Gasteiger partial charge in [0.25, 0.3) is 0 Å². The number of carbonyl (C=O) groups is 2. The minimum Gasteiger partial charge on any atom is -0.493 e. The van der Waals surface area contributed by atoms with E-state index in [0.717, 1.165) is 52.0 Å². The minimum absolute atomic E-state index is 0.142. The average molecular weight is 803 g/mol. The van der Waals surface area contributed by atoms with Gasteiger partial charge in [-0.3, -0.25) is 0 Å². The number of aryl methyl sites for hydroxylation is 4. The Kier molecular flexibility index (Phi) is 18.7. The highest BCUT2D eigenvalue weighted by Gasteiger charge is 2.27. The van der Waals surface area contributed by atoms with Crippen LogP contribution in [0.25, 0.3) is 33.4 Å². The number of aliphatic hydroxyl groups excluding tert-OH is 2. The van der Waals surface area contributed by atoms with Crippen molar-refractivity contribution in [3.8, 4) is 39.1 Å². The molecule has 59 heavy (non-hydrogen) atoms. The molecule has 316 valence electrons. The van der Waals surface area contributed by atoms with Gasteiger partial charge in [-0.1, -0.05) is 114 Å². The molecular formula is C52H66O7. The molecule has 0 amide bonds. The fourth-order valence-electron chi connectivity index (χ4n) is 7.19. The molecule has 0 spiro atoms. The van der Waals surface area contributed by atoms with Gasteiger partial charge in [0.2, 0.25) is 0 Å². The van der Waals surface area contributed by atoms with Crippen molar-refractivity contribution >= 4 is 11.9 Å². The molecule has 0 unspecified atom stereocenters. The second kappa shape index (κ2) is 23.6. The van der Waals surface area contributed by atoms with Crippen LogP contribution in [0.3, 0.4) is 0 Å². The average Bonchev–Trinajstić information content (AvgIpc) is 3.25. The predicted octanol–water partition coefficient (Wildman–Crippen LogP) is 11.2. The van der Waals surface area contributed by atoms with Gasteiger partial charge in [-0.25, -0.2) is 9.59 Å². The van der Waals surface area contributed by atoms with E-state index in [9.17, 15) is 19.8 Å². The standard InChI is InChI=1S/C52H66O7/c1-8-11-12-15-39-18-20-41(21-19-39)42-22-24-43(25-23-42)44-26-27-48(40(9-2)32-44)47-33-45(16-13-29-58-50(55)37(4)5)49(57-31-28-52(10-3,35-53)36-54)46(34-47)17-14-30-59-51(56)38(6)7/h18-27,32-34,53-54H,4,6,8-17,28-31,35-36H2,1-3,5,7H3. The van der Waals surface area contributed by atoms with Crippen LogP contribution in [0, 0.1) is 5.41 Å². The van der Waals surface area contributed by atoms with Gasteiger partial charge in [0, 0.05) is 16.6 Å². The summed E-state index contributed by atoms with van der Waals surface area (Å²) in [6.07, 6.45) is 9.04. The molecule has 0 aliphatic heterocycles. The summed E-state index contributed by atoms with van der Waals surface area (Å²) >= 11 is 0. The largest absolute Gasteiger partial charge is 0.493 e. The molecule has 7 heteroatoms. The molecule has 0 atom stereocenters. The quantitative estimate of drug-likeness (QED) is 0.0391. The third kappa shape index (κ3) is 13.5. The van der Waals surface area contributed by atoms with E-state index < -0.39 is 17.4 Å². The molecule has 0 heterocycles. The zero-order valence-electron chi connectivity index (χ0n) is 36.2. The number of aliphatic hydroxyl groups is 2. The van der Waals surface area contributed by atoms with Crippen molar-refractivity contribution in [1.82, 2.24) is 0 Å². The lowest BCUT2D eigenvalue weighted by molar-refractivity contribution is -0.139. The van der Waals surface area contributed by atoms with E-state index in [4.69, 9.17) is 14.2 Å². The van der Waals surface area contributed by atoms with Crippen molar-refractivity contribution in [2.75, 3.05) is 33.0 Å². The van der Waals surface area contributed by atoms with Gasteiger partial charge in [0.1, 0.15) is 5.75 Å². The van der Waals surface area contributed by atoms with Crippen molar-refractivity contribution in [3.05, 3.63) is 125 Å². The third-order valence-electron chi connectivity index (χ3n) is 11.3. The lowest BCUT2D eigenvalue weighted by Gasteiger charge is -2.28. The third-order valence-corrected chi connectivity index (χ3v) is 11.3. The molecule has 0 radical (unpaired) electrons. The Hall–Kier alpha value is -4.98. The topological polar surface area (TPSA) is 102 Å². The fourth-order valence-corrected chi connectivity index (χ4v) is 7.19. The summed E-state index contributed by atoms with van der Waals surface area (Å²) in [5, 5.41) is 20.3. The van der Waals surface area contributed by atoms with Crippen LogP contribution in [-0.4, -0.2) is 55.2 Å². The molecule has 0 aliphatic carbocycles. The smallest absolute Gasteiger partial charge is 0.333 e. The Morgan fingerprint density at radius 2 is 1.08 bits per heavy atom. The number of ether oxygens (including phenoxy) is 3. The van der Waals surface area contributed by atoms with Crippen molar-refractivity contribution in [3.63, 3.8) is 0 Å². The SMILES string of the molecule is C=C(C)C(=O)OCCCc1cc(-c2ccc(-c3ccc(-c4ccc(CCCCC)cc4)cc3)cc2CC)cc(CCCOC(=O)C(=C)C)c1OCCC(CC)(CO)CO. The first-order valence-corrected chi connectivity index (χ1v) is 21.5. The molecule has 4 aromatic carbocycles. The summed E-state index contributed by atoms with van der Waals surface area (Å²) in [6.45, 7) is 17.5. The second-order valence-electron chi connectivity index (χ2n) is 15.9. The summed E-state index contributed by atoms with van der Waals surface area (Å²) in [4.78, 5) is 24.3. The van der Waals surface area contributed by atoms with Gasteiger partial charge >= 0.3 is 11.9 Å². The zero-order valence-corrected chi connectivity index (χ0v) is 36.2. The summed E-state index contributed by atoms with van der Waals surface area (Å²) in [6, 6.07) is 28.8. The normalized spacial score (nSPS) is 11.3. The van der Waals surface area contributed by atoms with Gasteiger partial charge < -0.3 is 24.4 Å². The van der Waals surface area contributed by atoms with E-state index in [1.165, 1.54) is 41.5 Å². The van der Waals surface area contributed by atoms with Crippen molar-refractivity contribution in [2.45, 2.75) is 105 Å². The van der Waals surface area contributed by atoms with Gasteiger partial charge in [-0.05, 0) is 139 Å². The Bertz CT molecular complexity index is 1920. The van der Waals surface area contributed by atoms with Crippen LogP contribution in [0.1, 0.15) is 102 Å². The molecular weight excluding hydrogens is 737 g/mol. The van der Waals surface area contributed by atoms with Gasteiger partial charge in [0.15, 0.2) is 0 Å². The van der Waals surface area contributed by atoms with E-state index in [1.807, 2.05) is 6.92 Å². The monoisotopic (exact) mass is 802 g/mol. The molecule has 2 N–H and O–H groups in total. The van der Waals surface area contributed by atoms with Crippen LogP contribution in [0.4, 0.5) is 0 Å². The van der Waals surface area contributed by atoms with E-state index in [0.29, 0.717) is 56.3 Å². The maximum Gasteiger partial charge on any atom is 0.333 e. The van der Waals surface area contributed by atoms with Gasteiger partial charge in [-0.15, -0.1) is 0 Å². The van der Waals surface area contributed by atoms with Crippen LogP contribution in [0.15, 0.2) is 103 Å². The van der Waals surface area contributed by atoms with Crippen molar-refractivity contribution in [2.24, 2.45) is 5.41 Å². The molecule has 0 bridgehead atoms. The minimum atomic E-state index is -0.648. The summed E-state index contributed by atoms with van der Waals surface area (Å²) in [5.74, 6) is -0.107. The molecule has 4 aromatic rings. The van der Waals surface area contributed by atoms with Crippen LogP contribution in [-0.2, 0) is 44.7 Å². The summed E-state index contributed by atoms with van der Waals surface area (Å²) in [7, 11) is 0. The Labute approximate surface area is 353 Å². The van der Waals surface area contributed by atoms with Crippen LogP contribution >= 0.6 is 0 Å².